The molecule has 0 bridgehead atoms. The molecule has 0 saturated carbocycles. The van der Waals surface area contributed by atoms with Crippen molar-refractivity contribution in [1.82, 2.24) is 4.98 Å². The van der Waals surface area contributed by atoms with E-state index in [1.165, 1.54) is 36.5 Å². The fraction of sp³-hybridized carbons (Fsp3) is 0. The fourth-order valence-electron chi connectivity index (χ4n) is 1.09. The van der Waals surface area contributed by atoms with Crippen LogP contribution in [0, 0.1) is 11.8 Å². The van der Waals surface area contributed by atoms with Gasteiger partial charge in [-0.2, -0.15) is 4.39 Å². The van der Waals surface area contributed by atoms with Crippen molar-refractivity contribution in [3.05, 3.63) is 54.4 Å². The summed E-state index contributed by atoms with van der Waals surface area (Å²) in [6.45, 7) is 0. The van der Waals surface area contributed by atoms with Gasteiger partial charge < -0.3 is 4.74 Å². The van der Waals surface area contributed by atoms with E-state index in [4.69, 9.17) is 4.74 Å². The molecule has 0 aliphatic carbocycles. The molecule has 0 spiro atoms. The maximum atomic E-state index is 12.7. The zero-order valence-electron chi connectivity index (χ0n) is 7.65. The molecular formula is C11H7F2NO. The van der Waals surface area contributed by atoms with Crippen molar-refractivity contribution >= 4 is 0 Å². The minimum atomic E-state index is -0.616. The number of rotatable bonds is 2. The van der Waals surface area contributed by atoms with Crippen LogP contribution in [0.1, 0.15) is 0 Å². The van der Waals surface area contributed by atoms with Crippen LogP contribution in [-0.2, 0) is 0 Å². The first-order valence-corrected chi connectivity index (χ1v) is 4.29. The van der Waals surface area contributed by atoms with Crippen molar-refractivity contribution in [3.8, 4) is 11.5 Å². The van der Waals surface area contributed by atoms with Crippen molar-refractivity contribution in [1.29, 1.82) is 0 Å². The molecule has 0 aliphatic heterocycles. The largest absolute Gasteiger partial charge is 0.457 e. The molecule has 2 nitrogen and oxygen atoms in total. The molecule has 0 atom stereocenters. The number of ether oxygens (including phenoxy) is 1. The summed E-state index contributed by atoms with van der Waals surface area (Å²) in [7, 11) is 0. The Kier molecular flexibility index (Phi) is 2.58. The standard InChI is InChI=1S/C11H7F2NO/c12-8-1-3-9(4-2-8)15-10-5-6-14-11(13)7-10/h1-7H. The average Bonchev–Trinajstić information content (AvgIpc) is 2.22. The molecule has 0 aliphatic rings. The Bertz CT molecular complexity index is 456. The van der Waals surface area contributed by atoms with Crippen molar-refractivity contribution < 1.29 is 13.5 Å². The number of aromatic nitrogens is 1. The SMILES string of the molecule is Fc1ccc(Oc2ccnc(F)c2)cc1. The highest BCUT2D eigenvalue weighted by atomic mass is 19.1. The van der Waals surface area contributed by atoms with E-state index in [1.807, 2.05) is 0 Å². The highest BCUT2D eigenvalue weighted by molar-refractivity contribution is 5.29. The minimum Gasteiger partial charge on any atom is -0.457 e. The predicted octanol–water partition coefficient (Wildman–Crippen LogP) is 3.15. The quantitative estimate of drug-likeness (QED) is 0.705. The second-order valence-corrected chi connectivity index (χ2v) is 2.87. The first-order valence-electron chi connectivity index (χ1n) is 4.29. The van der Waals surface area contributed by atoms with Gasteiger partial charge in [0.05, 0.1) is 0 Å². The van der Waals surface area contributed by atoms with E-state index in [1.54, 1.807) is 0 Å². The van der Waals surface area contributed by atoms with E-state index >= 15 is 0 Å². The van der Waals surface area contributed by atoms with Crippen LogP contribution in [0.3, 0.4) is 0 Å². The first kappa shape index (κ1) is 9.58. The van der Waals surface area contributed by atoms with E-state index in [2.05, 4.69) is 4.98 Å². The zero-order valence-corrected chi connectivity index (χ0v) is 7.65. The molecule has 0 unspecified atom stereocenters. The molecule has 15 heavy (non-hydrogen) atoms. The second-order valence-electron chi connectivity index (χ2n) is 2.87. The van der Waals surface area contributed by atoms with Crippen LogP contribution in [0.15, 0.2) is 42.6 Å². The lowest BCUT2D eigenvalue weighted by molar-refractivity contribution is 0.470. The van der Waals surface area contributed by atoms with Gasteiger partial charge in [-0.15, -0.1) is 0 Å². The molecule has 76 valence electrons. The summed E-state index contributed by atoms with van der Waals surface area (Å²) >= 11 is 0. The molecular weight excluding hydrogens is 200 g/mol. The normalized spacial score (nSPS) is 10.0. The van der Waals surface area contributed by atoms with Gasteiger partial charge in [0.1, 0.15) is 17.3 Å². The first-order chi connectivity index (χ1) is 7.24. The van der Waals surface area contributed by atoms with Crippen molar-refractivity contribution in [3.63, 3.8) is 0 Å². The Hall–Kier alpha value is -1.97. The van der Waals surface area contributed by atoms with E-state index in [-0.39, 0.29) is 5.82 Å². The summed E-state index contributed by atoms with van der Waals surface area (Å²) in [5.74, 6) is -0.186. The lowest BCUT2D eigenvalue weighted by Crippen LogP contribution is -1.87. The van der Waals surface area contributed by atoms with Gasteiger partial charge in [-0.3, -0.25) is 0 Å². The third-order valence-corrected chi connectivity index (χ3v) is 1.75. The topological polar surface area (TPSA) is 22.1 Å². The predicted molar refractivity (Wildman–Crippen MR) is 50.7 cm³/mol. The van der Waals surface area contributed by atoms with Crippen LogP contribution >= 0.6 is 0 Å². The summed E-state index contributed by atoms with van der Waals surface area (Å²) < 4.78 is 30.5. The third kappa shape index (κ3) is 2.49. The van der Waals surface area contributed by atoms with Crippen LogP contribution in [0.2, 0.25) is 0 Å². The lowest BCUT2D eigenvalue weighted by Gasteiger charge is -2.04. The summed E-state index contributed by atoms with van der Waals surface area (Å²) in [5, 5.41) is 0. The van der Waals surface area contributed by atoms with Crippen LogP contribution in [0.4, 0.5) is 8.78 Å². The van der Waals surface area contributed by atoms with Crippen LogP contribution in [-0.4, -0.2) is 4.98 Å². The highest BCUT2D eigenvalue weighted by Crippen LogP contribution is 2.20. The van der Waals surface area contributed by atoms with E-state index in [9.17, 15) is 8.78 Å². The number of hydrogen-bond acceptors (Lipinski definition) is 2. The Morgan fingerprint density at radius 3 is 2.33 bits per heavy atom. The van der Waals surface area contributed by atoms with Gasteiger partial charge >= 0.3 is 0 Å². The van der Waals surface area contributed by atoms with E-state index < -0.39 is 5.95 Å². The zero-order chi connectivity index (χ0) is 10.7. The Balaban J connectivity index is 2.18. The maximum absolute atomic E-state index is 12.7. The summed E-state index contributed by atoms with van der Waals surface area (Å²) in [5.41, 5.74) is 0. The fourth-order valence-corrected chi connectivity index (χ4v) is 1.09. The smallest absolute Gasteiger partial charge is 0.216 e. The summed E-state index contributed by atoms with van der Waals surface area (Å²) in [4.78, 5) is 3.39. The molecule has 2 rings (SSSR count). The molecule has 0 fully saturated rings. The van der Waals surface area contributed by atoms with Gasteiger partial charge in [0.25, 0.3) is 0 Å². The third-order valence-electron chi connectivity index (χ3n) is 1.75. The highest BCUT2D eigenvalue weighted by Gasteiger charge is 1.99. The Morgan fingerprint density at radius 2 is 1.67 bits per heavy atom. The number of halogens is 2. The van der Waals surface area contributed by atoms with Gasteiger partial charge in [0.2, 0.25) is 5.95 Å². The number of pyridine rings is 1. The van der Waals surface area contributed by atoms with Crippen LogP contribution in [0.25, 0.3) is 0 Å². The molecule has 4 heteroatoms. The van der Waals surface area contributed by atoms with Crippen LogP contribution < -0.4 is 4.74 Å². The van der Waals surface area contributed by atoms with Gasteiger partial charge in [0, 0.05) is 12.3 Å². The Labute approximate surface area is 85.2 Å². The molecule has 0 N–H and O–H groups in total. The van der Waals surface area contributed by atoms with Crippen molar-refractivity contribution in [2.24, 2.45) is 0 Å². The molecule has 1 heterocycles. The van der Waals surface area contributed by atoms with Gasteiger partial charge in [-0.25, -0.2) is 9.37 Å². The number of nitrogens with zero attached hydrogens (tertiary/aromatic N) is 1. The summed E-state index contributed by atoms with van der Waals surface area (Å²) in [6.07, 6.45) is 1.30. The van der Waals surface area contributed by atoms with Crippen molar-refractivity contribution in [2.45, 2.75) is 0 Å². The molecule has 0 saturated heterocycles. The minimum absolute atomic E-state index is 0.328. The molecule has 2 aromatic rings. The monoisotopic (exact) mass is 207 g/mol. The average molecular weight is 207 g/mol. The Morgan fingerprint density at radius 1 is 0.933 bits per heavy atom. The van der Waals surface area contributed by atoms with E-state index in [0.717, 1.165) is 6.07 Å². The molecule has 0 amide bonds. The number of benzene rings is 1. The molecule has 0 radical (unpaired) electrons. The van der Waals surface area contributed by atoms with Crippen LogP contribution in [0.5, 0.6) is 11.5 Å². The second kappa shape index (κ2) is 4.04. The van der Waals surface area contributed by atoms with Crippen molar-refractivity contribution in [2.75, 3.05) is 0 Å². The lowest BCUT2D eigenvalue weighted by atomic mass is 10.3. The van der Waals surface area contributed by atoms with Gasteiger partial charge in [0.15, 0.2) is 0 Å². The van der Waals surface area contributed by atoms with Gasteiger partial charge in [-0.05, 0) is 30.3 Å². The van der Waals surface area contributed by atoms with E-state index in [0.29, 0.717) is 11.5 Å². The molecule has 1 aromatic carbocycles. The molecule has 1 aromatic heterocycles. The summed E-state index contributed by atoms with van der Waals surface area (Å²) in [6, 6.07) is 8.15. The maximum Gasteiger partial charge on any atom is 0.216 e. The number of hydrogen-bond donors (Lipinski definition) is 0. The van der Waals surface area contributed by atoms with Gasteiger partial charge in [-0.1, -0.05) is 0 Å².